The molecule has 0 aliphatic carbocycles. The summed E-state index contributed by atoms with van der Waals surface area (Å²) < 4.78 is 48.2. The van der Waals surface area contributed by atoms with Gasteiger partial charge in [-0.1, -0.05) is 0 Å². The second-order valence-electron chi connectivity index (χ2n) is 3.21. The Hall–Kier alpha value is -0.880. The van der Waals surface area contributed by atoms with E-state index in [0.717, 1.165) is 12.1 Å². The third-order valence-electron chi connectivity index (χ3n) is 1.98. The van der Waals surface area contributed by atoms with E-state index in [-0.39, 0.29) is 0 Å². The van der Waals surface area contributed by atoms with Crippen LogP contribution in [0.1, 0.15) is 12.0 Å². The smallest absolute Gasteiger partial charge is 0.330 e. The maximum absolute atomic E-state index is 12.2. The molecule has 0 aliphatic rings. The van der Waals surface area contributed by atoms with Gasteiger partial charge in [-0.15, -0.1) is 0 Å². The molecule has 0 aliphatic heterocycles. The first kappa shape index (κ1) is 13.2. The highest BCUT2D eigenvalue weighted by atomic mass is 32.2. The molecule has 0 aromatic heterocycles. The molecule has 16 heavy (non-hydrogen) atoms. The molecule has 2 nitrogen and oxygen atoms in total. The molecule has 0 bridgehead atoms. The van der Waals surface area contributed by atoms with Crippen LogP contribution >= 0.6 is 0 Å². The Labute approximate surface area is 94.1 Å². The maximum atomic E-state index is 12.2. The molecule has 0 fully saturated rings. The summed E-state index contributed by atoms with van der Waals surface area (Å²) in [5.41, 5.74) is 4.52. The van der Waals surface area contributed by atoms with Crippen molar-refractivity contribution in [2.75, 3.05) is 12.3 Å². The molecular formula is C10H12F3NOS. The highest BCUT2D eigenvalue weighted by Gasteiger charge is 2.30. The van der Waals surface area contributed by atoms with E-state index >= 15 is 0 Å². The van der Waals surface area contributed by atoms with Crippen LogP contribution in [-0.2, 0) is 17.0 Å². The molecular weight excluding hydrogens is 239 g/mol. The summed E-state index contributed by atoms with van der Waals surface area (Å²) in [5.74, 6) is 0.377. The van der Waals surface area contributed by atoms with Crippen LogP contribution in [0.3, 0.4) is 0 Å². The van der Waals surface area contributed by atoms with Gasteiger partial charge in [0.05, 0.1) is 16.4 Å². The van der Waals surface area contributed by atoms with Crippen molar-refractivity contribution in [3.63, 3.8) is 0 Å². The molecule has 0 saturated heterocycles. The minimum atomic E-state index is -4.35. The van der Waals surface area contributed by atoms with Crippen molar-refractivity contribution in [1.29, 1.82) is 0 Å². The molecule has 0 radical (unpaired) electrons. The monoisotopic (exact) mass is 251 g/mol. The minimum Gasteiger partial charge on any atom is -0.330 e. The van der Waals surface area contributed by atoms with Gasteiger partial charge >= 0.3 is 6.18 Å². The van der Waals surface area contributed by atoms with Gasteiger partial charge in [0.25, 0.3) is 0 Å². The Morgan fingerprint density at radius 3 is 2.19 bits per heavy atom. The van der Waals surface area contributed by atoms with Crippen LogP contribution < -0.4 is 5.73 Å². The summed E-state index contributed by atoms with van der Waals surface area (Å²) in [6.45, 7) is 0.423. The van der Waals surface area contributed by atoms with Gasteiger partial charge in [-0.3, -0.25) is 4.21 Å². The highest BCUT2D eigenvalue weighted by molar-refractivity contribution is 7.85. The topological polar surface area (TPSA) is 43.1 Å². The van der Waals surface area contributed by atoms with Crippen molar-refractivity contribution < 1.29 is 17.4 Å². The van der Waals surface area contributed by atoms with Crippen LogP contribution in [0.2, 0.25) is 0 Å². The van der Waals surface area contributed by atoms with E-state index in [0.29, 0.717) is 23.6 Å². The molecule has 0 saturated carbocycles. The molecule has 0 spiro atoms. The first-order chi connectivity index (χ1) is 7.45. The van der Waals surface area contributed by atoms with Gasteiger partial charge in [-0.05, 0) is 37.2 Å². The summed E-state index contributed by atoms with van der Waals surface area (Å²) in [6, 6.07) is 4.37. The molecule has 0 heterocycles. The van der Waals surface area contributed by atoms with Gasteiger partial charge in [-0.2, -0.15) is 13.2 Å². The van der Waals surface area contributed by atoms with Crippen LogP contribution in [0.5, 0.6) is 0 Å². The second kappa shape index (κ2) is 5.45. The van der Waals surface area contributed by atoms with Gasteiger partial charge < -0.3 is 5.73 Å². The van der Waals surface area contributed by atoms with Crippen molar-refractivity contribution in [3.8, 4) is 0 Å². The maximum Gasteiger partial charge on any atom is 0.416 e. The Kier molecular flexibility index (Phi) is 4.49. The Morgan fingerprint density at radius 1 is 1.19 bits per heavy atom. The molecule has 1 aromatic carbocycles. The lowest BCUT2D eigenvalue weighted by Crippen LogP contribution is -2.07. The van der Waals surface area contributed by atoms with Crippen molar-refractivity contribution in [1.82, 2.24) is 0 Å². The first-order valence-corrected chi connectivity index (χ1v) is 6.02. The highest BCUT2D eigenvalue weighted by Crippen LogP contribution is 2.29. The summed E-state index contributed by atoms with van der Waals surface area (Å²) in [6.07, 6.45) is -3.76. The van der Waals surface area contributed by atoms with Gasteiger partial charge in [0.1, 0.15) is 0 Å². The van der Waals surface area contributed by atoms with Crippen LogP contribution in [0, 0.1) is 0 Å². The van der Waals surface area contributed by atoms with E-state index in [1.165, 1.54) is 12.1 Å². The van der Waals surface area contributed by atoms with E-state index in [4.69, 9.17) is 5.73 Å². The average Bonchev–Trinajstić information content (AvgIpc) is 2.25. The molecule has 1 rings (SSSR count). The summed E-state index contributed by atoms with van der Waals surface area (Å²) >= 11 is 0. The van der Waals surface area contributed by atoms with Crippen molar-refractivity contribution in [2.45, 2.75) is 17.5 Å². The minimum absolute atomic E-state index is 0.377. The third-order valence-corrected chi connectivity index (χ3v) is 3.44. The van der Waals surface area contributed by atoms with Gasteiger partial charge in [0.2, 0.25) is 0 Å². The van der Waals surface area contributed by atoms with Crippen LogP contribution in [-0.4, -0.2) is 16.5 Å². The molecule has 0 amide bonds. The fourth-order valence-corrected chi connectivity index (χ4v) is 2.23. The summed E-state index contributed by atoms with van der Waals surface area (Å²) in [4.78, 5) is 0.404. The van der Waals surface area contributed by atoms with Crippen LogP contribution in [0.15, 0.2) is 29.2 Å². The molecule has 6 heteroatoms. The van der Waals surface area contributed by atoms with Crippen LogP contribution in [0.25, 0.3) is 0 Å². The SMILES string of the molecule is NCCCS(=O)c1ccc(C(F)(F)F)cc1. The second-order valence-corrected chi connectivity index (χ2v) is 4.78. The van der Waals surface area contributed by atoms with Gasteiger partial charge in [0.15, 0.2) is 0 Å². The predicted octanol–water partition coefficient (Wildman–Crippen LogP) is 2.16. The molecule has 1 unspecified atom stereocenters. The number of halogens is 3. The summed E-state index contributed by atoms with van der Waals surface area (Å²) in [5, 5.41) is 0. The fourth-order valence-electron chi connectivity index (χ4n) is 1.13. The first-order valence-electron chi connectivity index (χ1n) is 4.71. The Balaban J connectivity index is 2.75. The summed E-state index contributed by atoms with van der Waals surface area (Å²) in [7, 11) is -1.27. The van der Waals surface area contributed by atoms with E-state index in [1.807, 2.05) is 0 Å². The lowest BCUT2D eigenvalue weighted by molar-refractivity contribution is -0.137. The largest absolute Gasteiger partial charge is 0.416 e. The fraction of sp³-hybridized carbons (Fsp3) is 0.400. The third kappa shape index (κ3) is 3.61. The number of rotatable bonds is 4. The molecule has 90 valence electrons. The number of alkyl halides is 3. The van der Waals surface area contributed by atoms with Crippen molar-refractivity contribution in [2.24, 2.45) is 5.73 Å². The Bertz CT molecular complexity index is 361. The zero-order valence-corrected chi connectivity index (χ0v) is 9.27. The molecule has 1 atom stereocenters. The molecule has 2 N–H and O–H groups in total. The van der Waals surface area contributed by atoms with E-state index in [9.17, 15) is 17.4 Å². The number of benzene rings is 1. The predicted molar refractivity (Wildman–Crippen MR) is 56.4 cm³/mol. The number of hydrogen-bond acceptors (Lipinski definition) is 2. The van der Waals surface area contributed by atoms with Crippen molar-refractivity contribution >= 4 is 10.8 Å². The zero-order valence-electron chi connectivity index (χ0n) is 8.46. The van der Waals surface area contributed by atoms with E-state index in [1.54, 1.807) is 0 Å². The quantitative estimate of drug-likeness (QED) is 0.891. The van der Waals surface area contributed by atoms with Gasteiger partial charge in [-0.25, -0.2) is 0 Å². The zero-order chi connectivity index (χ0) is 12.2. The van der Waals surface area contributed by atoms with Crippen molar-refractivity contribution in [3.05, 3.63) is 29.8 Å². The van der Waals surface area contributed by atoms with Crippen LogP contribution in [0.4, 0.5) is 13.2 Å². The van der Waals surface area contributed by atoms with E-state index < -0.39 is 22.5 Å². The molecule has 1 aromatic rings. The van der Waals surface area contributed by atoms with E-state index in [2.05, 4.69) is 0 Å². The Morgan fingerprint density at radius 2 is 1.75 bits per heavy atom. The standard InChI is InChI=1S/C10H12F3NOS/c11-10(12,13)8-2-4-9(5-3-8)16(15)7-1-6-14/h2-5H,1,6-7,14H2. The average molecular weight is 251 g/mol. The lowest BCUT2D eigenvalue weighted by Gasteiger charge is -2.07. The number of nitrogens with two attached hydrogens (primary N) is 1. The normalized spacial score (nSPS) is 13.8. The number of hydrogen-bond donors (Lipinski definition) is 1. The van der Waals surface area contributed by atoms with Gasteiger partial charge in [0, 0.05) is 10.6 Å². The lowest BCUT2D eigenvalue weighted by atomic mass is 10.2.